The van der Waals surface area contributed by atoms with Crippen molar-refractivity contribution in [3.05, 3.63) is 41.7 Å². The van der Waals surface area contributed by atoms with Crippen LogP contribution in [0.1, 0.15) is 16.8 Å². The number of halogens is 1. The Kier molecular flexibility index (Phi) is 5.47. The lowest BCUT2D eigenvalue weighted by atomic mass is 10.2. The van der Waals surface area contributed by atoms with Crippen LogP contribution in [0.25, 0.3) is 0 Å². The topological polar surface area (TPSA) is 113 Å². The van der Waals surface area contributed by atoms with Gasteiger partial charge in [-0.1, -0.05) is 0 Å². The average molecular weight is 410 g/mol. The van der Waals surface area contributed by atoms with Crippen molar-refractivity contribution in [1.29, 1.82) is 0 Å². The van der Waals surface area contributed by atoms with Crippen molar-refractivity contribution < 1.29 is 27.4 Å². The van der Waals surface area contributed by atoms with Gasteiger partial charge in [0.05, 0.1) is 17.0 Å². The Hall–Kier alpha value is -2.79. The van der Waals surface area contributed by atoms with Gasteiger partial charge in [-0.15, -0.1) is 10.2 Å². The van der Waals surface area contributed by atoms with Crippen LogP contribution in [0.4, 0.5) is 10.2 Å². The van der Waals surface area contributed by atoms with Crippen molar-refractivity contribution in [2.24, 2.45) is 0 Å². The van der Waals surface area contributed by atoms with E-state index in [-0.39, 0.29) is 23.9 Å². The molecule has 0 amide bonds. The summed E-state index contributed by atoms with van der Waals surface area (Å²) in [5.41, 5.74) is -0.690. The molecule has 1 aliphatic rings. The number of carboxylic acid groups (broad SMARTS) is 1. The lowest BCUT2D eigenvalue weighted by Crippen LogP contribution is -2.31. The van der Waals surface area contributed by atoms with E-state index in [1.807, 2.05) is 14.1 Å². The van der Waals surface area contributed by atoms with Gasteiger partial charge in [0.25, 0.3) is 0 Å². The van der Waals surface area contributed by atoms with E-state index >= 15 is 0 Å². The second kappa shape index (κ2) is 7.68. The molecule has 1 N–H and O–H groups in total. The Labute approximate surface area is 161 Å². The summed E-state index contributed by atoms with van der Waals surface area (Å²) < 4.78 is 45.9. The molecule has 0 radical (unpaired) electrons. The van der Waals surface area contributed by atoms with E-state index in [4.69, 9.17) is 9.84 Å². The van der Waals surface area contributed by atoms with Crippen LogP contribution in [0.5, 0.6) is 5.88 Å². The number of aromatic carboxylic acids is 1. The number of benzene rings is 1. The van der Waals surface area contributed by atoms with Crippen LogP contribution in [-0.4, -0.2) is 67.3 Å². The minimum atomic E-state index is -3.97. The van der Waals surface area contributed by atoms with Gasteiger partial charge in [0.1, 0.15) is 11.9 Å². The largest absolute Gasteiger partial charge is 0.478 e. The summed E-state index contributed by atoms with van der Waals surface area (Å²) in [5.74, 6) is -1.58. The number of sulfonamides is 1. The third-order valence-corrected chi connectivity index (χ3v) is 6.15. The van der Waals surface area contributed by atoms with Gasteiger partial charge in [0, 0.05) is 26.7 Å². The molecule has 150 valence electrons. The van der Waals surface area contributed by atoms with Crippen molar-refractivity contribution in [1.82, 2.24) is 14.5 Å². The highest BCUT2D eigenvalue weighted by atomic mass is 32.2. The Balaban J connectivity index is 1.72. The predicted octanol–water partition coefficient (Wildman–Crippen LogP) is 1.22. The molecule has 2 heterocycles. The van der Waals surface area contributed by atoms with Crippen LogP contribution >= 0.6 is 0 Å². The maximum atomic E-state index is 13.5. The van der Waals surface area contributed by atoms with E-state index < -0.39 is 33.5 Å². The monoisotopic (exact) mass is 410 g/mol. The van der Waals surface area contributed by atoms with E-state index in [9.17, 15) is 17.6 Å². The molecule has 1 aliphatic heterocycles. The van der Waals surface area contributed by atoms with Crippen LogP contribution in [0, 0.1) is 5.82 Å². The Bertz CT molecular complexity index is 982. The third kappa shape index (κ3) is 4.04. The Morgan fingerprint density at radius 2 is 2.04 bits per heavy atom. The first-order valence-electron chi connectivity index (χ1n) is 8.39. The number of aromatic nitrogens is 2. The third-order valence-electron chi connectivity index (χ3n) is 4.29. The van der Waals surface area contributed by atoms with Crippen molar-refractivity contribution in [3.8, 4) is 5.88 Å². The molecular formula is C17H19FN4O5S. The number of hydrogen-bond acceptors (Lipinski definition) is 7. The molecule has 0 aliphatic carbocycles. The highest BCUT2D eigenvalue weighted by Gasteiger charge is 2.34. The zero-order chi connectivity index (χ0) is 20.5. The summed E-state index contributed by atoms with van der Waals surface area (Å²) in [7, 11) is -0.316. The molecule has 11 heteroatoms. The van der Waals surface area contributed by atoms with Gasteiger partial charge in [0.2, 0.25) is 15.9 Å². The normalized spacial score (nSPS) is 17.5. The Morgan fingerprint density at radius 3 is 2.64 bits per heavy atom. The average Bonchev–Trinajstić information content (AvgIpc) is 3.11. The minimum Gasteiger partial charge on any atom is -0.478 e. The molecule has 9 nitrogen and oxygen atoms in total. The summed E-state index contributed by atoms with van der Waals surface area (Å²) in [6, 6.07) is 6.10. The van der Waals surface area contributed by atoms with E-state index in [2.05, 4.69) is 10.2 Å². The standard InChI is InChI=1S/C17H19FN4O5S/c1-21(2)15-5-6-16(20-19-15)27-11-7-8-22(10-11)28(25,26)12-3-4-14(18)13(9-12)17(23)24/h3-6,9,11H,7-8,10H2,1-2H3,(H,23,24). The number of carboxylic acids is 1. The molecule has 1 aromatic heterocycles. The zero-order valence-corrected chi connectivity index (χ0v) is 16.1. The van der Waals surface area contributed by atoms with Gasteiger partial charge in [0.15, 0.2) is 5.82 Å². The molecule has 1 atom stereocenters. The molecule has 0 saturated carbocycles. The molecule has 1 unspecified atom stereocenters. The number of carbonyl (C=O) groups is 1. The van der Waals surface area contributed by atoms with Crippen LogP contribution in [0.15, 0.2) is 35.2 Å². The first-order valence-corrected chi connectivity index (χ1v) is 9.83. The molecule has 1 aromatic carbocycles. The fraction of sp³-hybridized carbons (Fsp3) is 0.353. The number of anilines is 1. The maximum Gasteiger partial charge on any atom is 0.338 e. The first-order chi connectivity index (χ1) is 13.2. The van der Waals surface area contributed by atoms with Crippen molar-refractivity contribution in [2.45, 2.75) is 17.4 Å². The van der Waals surface area contributed by atoms with Gasteiger partial charge in [-0.25, -0.2) is 17.6 Å². The maximum absolute atomic E-state index is 13.5. The second-order valence-corrected chi connectivity index (χ2v) is 8.40. The van der Waals surface area contributed by atoms with Gasteiger partial charge in [-0.05, 0) is 30.7 Å². The quantitative estimate of drug-likeness (QED) is 0.756. The van der Waals surface area contributed by atoms with Gasteiger partial charge < -0.3 is 14.7 Å². The highest BCUT2D eigenvalue weighted by molar-refractivity contribution is 7.89. The first kappa shape index (κ1) is 20.0. The zero-order valence-electron chi connectivity index (χ0n) is 15.2. The number of hydrogen-bond donors (Lipinski definition) is 1. The molecule has 28 heavy (non-hydrogen) atoms. The van der Waals surface area contributed by atoms with E-state index in [1.54, 1.807) is 17.0 Å². The molecule has 2 aromatic rings. The summed E-state index contributed by atoms with van der Waals surface area (Å²) >= 11 is 0. The SMILES string of the molecule is CN(C)c1ccc(OC2CCN(S(=O)(=O)c3ccc(F)c(C(=O)O)c3)C2)nn1. The fourth-order valence-corrected chi connectivity index (χ4v) is 4.29. The van der Waals surface area contributed by atoms with Crippen molar-refractivity contribution >= 4 is 21.8 Å². The van der Waals surface area contributed by atoms with E-state index in [0.717, 1.165) is 18.2 Å². The number of rotatable bonds is 6. The van der Waals surface area contributed by atoms with Gasteiger partial charge >= 0.3 is 5.97 Å². The van der Waals surface area contributed by atoms with Crippen LogP contribution < -0.4 is 9.64 Å². The fourth-order valence-electron chi connectivity index (χ4n) is 2.78. The Morgan fingerprint density at radius 1 is 1.29 bits per heavy atom. The molecular weight excluding hydrogens is 391 g/mol. The van der Waals surface area contributed by atoms with Gasteiger partial charge in [-0.3, -0.25) is 0 Å². The van der Waals surface area contributed by atoms with Crippen molar-refractivity contribution in [2.75, 3.05) is 32.1 Å². The highest BCUT2D eigenvalue weighted by Crippen LogP contribution is 2.25. The summed E-state index contributed by atoms with van der Waals surface area (Å²) in [6.45, 7) is 0.259. The number of nitrogens with zero attached hydrogens (tertiary/aromatic N) is 4. The minimum absolute atomic E-state index is 0.0687. The molecule has 0 bridgehead atoms. The molecule has 1 fully saturated rings. The summed E-state index contributed by atoms with van der Waals surface area (Å²) in [5, 5.41) is 17.0. The van der Waals surface area contributed by atoms with E-state index in [0.29, 0.717) is 12.2 Å². The van der Waals surface area contributed by atoms with Gasteiger partial charge in [-0.2, -0.15) is 4.31 Å². The number of ether oxygens (including phenoxy) is 1. The summed E-state index contributed by atoms with van der Waals surface area (Å²) in [4.78, 5) is 12.6. The van der Waals surface area contributed by atoms with E-state index in [1.165, 1.54) is 4.31 Å². The lowest BCUT2D eigenvalue weighted by Gasteiger charge is -2.17. The molecule has 0 spiro atoms. The van der Waals surface area contributed by atoms with Crippen LogP contribution in [0.2, 0.25) is 0 Å². The predicted molar refractivity (Wildman–Crippen MR) is 97.5 cm³/mol. The summed E-state index contributed by atoms with van der Waals surface area (Å²) in [6.07, 6.45) is 0.0113. The smallest absolute Gasteiger partial charge is 0.338 e. The molecule has 1 saturated heterocycles. The molecule has 3 rings (SSSR count). The van der Waals surface area contributed by atoms with Crippen molar-refractivity contribution in [3.63, 3.8) is 0 Å². The lowest BCUT2D eigenvalue weighted by molar-refractivity contribution is 0.0691. The van der Waals surface area contributed by atoms with Crippen LogP contribution in [-0.2, 0) is 10.0 Å². The van der Waals surface area contributed by atoms with Crippen LogP contribution in [0.3, 0.4) is 0 Å². The second-order valence-electron chi connectivity index (χ2n) is 6.46.